The maximum Gasteiger partial charge on any atom is 0.341 e. The Morgan fingerprint density at radius 1 is 1.20 bits per heavy atom. The predicted octanol–water partition coefficient (Wildman–Crippen LogP) is 4.72. The van der Waals surface area contributed by atoms with Crippen molar-refractivity contribution in [3.8, 4) is 17.1 Å². The second-order valence-electron chi connectivity index (χ2n) is 6.89. The van der Waals surface area contributed by atoms with E-state index in [1.54, 1.807) is 32.2 Å². The quantitative estimate of drug-likeness (QED) is 0.574. The highest BCUT2D eigenvalue weighted by Gasteiger charge is 2.28. The molecule has 2 heterocycles. The number of amides is 1. The van der Waals surface area contributed by atoms with Crippen LogP contribution in [0.5, 0.6) is 5.75 Å². The number of aryl methyl sites for hydroxylation is 1. The van der Waals surface area contributed by atoms with E-state index in [2.05, 4.69) is 10.5 Å². The molecule has 8 heteroatoms. The fourth-order valence-electron chi connectivity index (χ4n) is 3.51. The highest BCUT2D eigenvalue weighted by molar-refractivity contribution is 7.17. The molecule has 0 fully saturated rings. The highest BCUT2D eigenvalue weighted by Crippen LogP contribution is 2.39. The van der Waals surface area contributed by atoms with Gasteiger partial charge < -0.3 is 19.3 Å². The molecule has 2 aromatic heterocycles. The van der Waals surface area contributed by atoms with E-state index in [4.69, 9.17) is 14.0 Å². The number of esters is 1. The third-order valence-electron chi connectivity index (χ3n) is 5.00. The summed E-state index contributed by atoms with van der Waals surface area (Å²) in [6.45, 7) is 2.05. The molecule has 0 bridgehead atoms. The zero-order valence-electron chi connectivity index (χ0n) is 16.8. The summed E-state index contributed by atoms with van der Waals surface area (Å²) < 4.78 is 15.7. The summed E-state index contributed by atoms with van der Waals surface area (Å²) >= 11 is 1.44. The number of hydrogen-bond acceptors (Lipinski definition) is 7. The number of carbonyl (C=O) groups is 2. The number of hydrogen-bond donors (Lipinski definition) is 1. The molecule has 1 aliphatic carbocycles. The van der Waals surface area contributed by atoms with Crippen LogP contribution in [0.25, 0.3) is 11.3 Å². The van der Waals surface area contributed by atoms with E-state index in [0.29, 0.717) is 16.3 Å². The Morgan fingerprint density at radius 3 is 2.70 bits per heavy atom. The number of thiophene rings is 1. The molecule has 0 saturated heterocycles. The van der Waals surface area contributed by atoms with E-state index >= 15 is 0 Å². The molecular weight excluding hydrogens is 404 g/mol. The molecule has 7 nitrogen and oxygen atoms in total. The van der Waals surface area contributed by atoms with Crippen molar-refractivity contribution in [2.24, 2.45) is 0 Å². The summed E-state index contributed by atoms with van der Waals surface area (Å²) in [5.74, 6) is 0.372. The Bertz CT molecular complexity index is 1070. The van der Waals surface area contributed by atoms with Crippen LogP contribution in [0.1, 0.15) is 51.1 Å². The van der Waals surface area contributed by atoms with Gasteiger partial charge in [0.05, 0.1) is 19.3 Å². The van der Waals surface area contributed by atoms with Crippen LogP contribution in [0.4, 0.5) is 5.00 Å². The van der Waals surface area contributed by atoms with Gasteiger partial charge in [-0.05, 0) is 62.4 Å². The van der Waals surface area contributed by atoms with Crippen LogP contribution in [0.15, 0.2) is 34.9 Å². The lowest BCUT2D eigenvalue weighted by atomic mass is 9.95. The largest absolute Gasteiger partial charge is 0.497 e. The van der Waals surface area contributed by atoms with Crippen LogP contribution in [0.2, 0.25) is 0 Å². The SMILES string of the molecule is CCOC(=O)c1c(NC(=O)c2cc(-c3ccc(OC)cc3)on2)sc2c1CCCC2. The molecule has 0 saturated carbocycles. The van der Waals surface area contributed by atoms with E-state index in [9.17, 15) is 9.59 Å². The number of aromatic nitrogens is 1. The van der Waals surface area contributed by atoms with Gasteiger partial charge in [0.25, 0.3) is 5.91 Å². The van der Waals surface area contributed by atoms with Crippen LogP contribution in [-0.2, 0) is 17.6 Å². The van der Waals surface area contributed by atoms with Gasteiger partial charge >= 0.3 is 5.97 Å². The van der Waals surface area contributed by atoms with E-state index in [1.807, 2.05) is 12.1 Å². The molecule has 156 valence electrons. The lowest BCUT2D eigenvalue weighted by Gasteiger charge is -2.12. The third-order valence-corrected chi connectivity index (χ3v) is 6.20. The number of nitrogens with one attached hydrogen (secondary N) is 1. The van der Waals surface area contributed by atoms with Gasteiger partial charge in [-0.3, -0.25) is 4.79 Å². The second kappa shape index (κ2) is 8.71. The van der Waals surface area contributed by atoms with Crippen molar-refractivity contribution >= 4 is 28.2 Å². The number of benzene rings is 1. The molecule has 0 spiro atoms. The van der Waals surface area contributed by atoms with Gasteiger partial charge in [-0.15, -0.1) is 11.3 Å². The maximum absolute atomic E-state index is 12.8. The van der Waals surface area contributed by atoms with Crippen molar-refractivity contribution in [3.05, 3.63) is 52.0 Å². The molecule has 0 unspecified atom stereocenters. The van der Waals surface area contributed by atoms with E-state index in [1.165, 1.54) is 11.3 Å². The number of carbonyl (C=O) groups excluding carboxylic acids is 2. The van der Waals surface area contributed by atoms with Gasteiger partial charge in [0.15, 0.2) is 11.5 Å². The first-order chi connectivity index (χ1) is 14.6. The first-order valence-electron chi connectivity index (χ1n) is 9.84. The van der Waals surface area contributed by atoms with Crippen molar-refractivity contribution < 1.29 is 23.6 Å². The minimum Gasteiger partial charge on any atom is -0.497 e. The lowest BCUT2D eigenvalue weighted by molar-refractivity contribution is 0.0526. The maximum atomic E-state index is 12.8. The minimum atomic E-state index is -0.428. The molecule has 1 N–H and O–H groups in total. The fraction of sp³-hybridized carbons (Fsp3) is 0.318. The minimum absolute atomic E-state index is 0.141. The molecule has 1 aliphatic rings. The summed E-state index contributed by atoms with van der Waals surface area (Å²) in [4.78, 5) is 26.5. The number of anilines is 1. The van der Waals surface area contributed by atoms with Gasteiger partial charge in [0.2, 0.25) is 0 Å². The number of methoxy groups -OCH3 is 1. The average Bonchev–Trinajstić information content (AvgIpc) is 3.39. The third kappa shape index (κ3) is 3.95. The predicted molar refractivity (Wildman–Crippen MR) is 113 cm³/mol. The van der Waals surface area contributed by atoms with Gasteiger partial charge in [0, 0.05) is 16.5 Å². The van der Waals surface area contributed by atoms with Gasteiger partial charge in [-0.1, -0.05) is 5.16 Å². The summed E-state index contributed by atoms with van der Waals surface area (Å²) in [7, 11) is 1.60. The summed E-state index contributed by atoms with van der Waals surface area (Å²) in [5.41, 5.74) is 2.39. The molecule has 0 radical (unpaired) electrons. The molecule has 30 heavy (non-hydrogen) atoms. The van der Waals surface area contributed by atoms with Crippen molar-refractivity contribution in [2.45, 2.75) is 32.6 Å². The van der Waals surface area contributed by atoms with E-state index in [0.717, 1.165) is 47.4 Å². The van der Waals surface area contributed by atoms with Gasteiger partial charge in [-0.2, -0.15) is 0 Å². The van der Waals surface area contributed by atoms with Crippen LogP contribution in [0.3, 0.4) is 0 Å². The Balaban J connectivity index is 1.57. The molecule has 3 aromatic rings. The first kappa shape index (κ1) is 20.2. The molecule has 0 atom stereocenters. The normalized spacial score (nSPS) is 12.9. The smallest absolute Gasteiger partial charge is 0.341 e. The average molecular weight is 426 g/mol. The highest BCUT2D eigenvalue weighted by atomic mass is 32.1. The van der Waals surface area contributed by atoms with E-state index < -0.39 is 11.9 Å². The van der Waals surface area contributed by atoms with Crippen LogP contribution >= 0.6 is 11.3 Å². The van der Waals surface area contributed by atoms with Crippen molar-refractivity contribution in [1.82, 2.24) is 5.16 Å². The Morgan fingerprint density at radius 2 is 1.97 bits per heavy atom. The Kier molecular flexibility index (Phi) is 5.85. The Labute approximate surface area is 178 Å². The van der Waals surface area contributed by atoms with E-state index in [-0.39, 0.29) is 12.3 Å². The molecule has 0 aliphatic heterocycles. The zero-order valence-corrected chi connectivity index (χ0v) is 17.6. The molecule has 4 rings (SSSR count). The first-order valence-corrected chi connectivity index (χ1v) is 10.7. The fourth-order valence-corrected chi connectivity index (χ4v) is 4.79. The molecule has 1 amide bonds. The topological polar surface area (TPSA) is 90.7 Å². The van der Waals surface area contributed by atoms with Crippen molar-refractivity contribution in [1.29, 1.82) is 0 Å². The van der Waals surface area contributed by atoms with Crippen LogP contribution in [0, 0.1) is 0 Å². The summed E-state index contributed by atoms with van der Waals surface area (Å²) in [5, 5.41) is 7.25. The standard InChI is InChI=1S/C22H22N2O5S/c1-3-28-22(26)19-15-6-4-5-7-18(15)30-21(19)23-20(25)16-12-17(29-24-16)13-8-10-14(27-2)11-9-13/h8-12H,3-7H2,1-2H3,(H,23,25). The van der Waals surface area contributed by atoms with Gasteiger partial charge in [0.1, 0.15) is 10.8 Å². The summed E-state index contributed by atoms with van der Waals surface area (Å²) in [6.07, 6.45) is 3.84. The van der Waals surface area contributed by atoms with Crippen molar-refractivity contribution in [2.75, 3.05) is 19.0 Å². The summed E-state index contributed by atoms with van der Waals surface area (Å²) in [6, 6.07) is 8.84. The Hall–Kier alpha value is -3.13. The second-order valence-corrected chi connectivity index (χ2v) is 8.00. The van der Waals surface area contributed by atoms with Crippen LogP contribution in [-0.4, -0.2) is 30.7 Å². The lowest BCUT2D eigenvalue weighted by Crippen LogP contribution is -2.16. The number of rotatable bonds is 6. The number of nitrogens with zero attached hydrogens (tertiary/aromatic N) is 1. The molecule has 1 aromatic carbocycles. The van der Waals surface area contributed by atoms with Gasteiger partial charge in [-0.25, -0.2) is 4.79 Å². The number of fused-ring (bicyclic) bond motifs is 1. The monoisotopic (exact) mass is 426 g/mol. The zero-order chi connectivity index (χ0) is 21.1. The van der Waals surface area contributed by atoms with Crippen LogP contribution < -0.4 is 10.1 Å². The molecular formula is C22H22N2O5S. The van der Waals surface area contributed by atoms with Crippen molar-refractivity contribution in [3.63, 3.8) is 0 Å². The number of ether oxygens (including phenoxy) is 2.